The van der Waals surface area contributed by atoms with Crippen LogP contribution < -0.4 is 14.8 Å². The van der Waals surface area contributed by atoms with E-state index >= 15 is 0 Å². The van der Waals surface area contributed by atoms with Gasteiger partial charge in [-0.3, -0.25) is 0 Å². The van der Waals surface area contributed by atoms with E-state index in [1.165, 1.54) is 0 Å². The molecule has 0 saturated carbocycles. The predicted molar refractivity (Wildman–Crippen MR) is 86.3 cm³/mol. The average molecular weight is 393 g/mol. The summed E-state index contributed by atoms with van der Waals surface area (Å²) < 4.78 is 13.0. The second kappa shape index (κ2) is 8.61. The molecule has 0 aliphatic heterocycles. The first-order chi connectivity index (χ1) is 9.08. The smallest absolute Gasteiger partial charge is 0.175 e. The fourth-order valence-corrected chi connectivity index (χ4v) is 2.26. The molecule has 1 N–H and O–H groups in total. The summed E-state index contributed by atoms with van der Waals surface area (Å²) in [5.74, 6) is 1.46. The van der Waals surface area contributed by atoms with Crippen LogP contribution >= 0.6 is 31.9 Å². The second-order valence-corrected chi connectivity index (χ2v) is 5.90. The maximum atomic E-state index is 5.70. The van der Waals surface area contributed by atoms with E-state index in [2.05, 4.69) is 50.7 Å². The van der Waals surface area contributed by atoms with Crippen LogP contribution in [0, 0.1) is 0 Å². The molecule has 0 amide bonds. The number of rotatable bonds is 8. The van der Waals surface area contributed by atoms with Gasteiger partial charge in [-0.15, -0.1) is 0 Å². The Balaban J connectivity index is 2.96. The summed E-state index contributed by atoms with van der Waals surface area (Å²) in [5.41, 5.74) is 1.15. The molecule has 0 saturated heterocycles. The van der Waals surface area contributed by atoms with Crippen LogP contribution in [-0.4, -0.2) is 19.8 Å². The molecule has 1 rings (SSSR count). The van der Waals surface area contributed by atoms with Crippen molar-refractivity contribution >= 4 is 31.9 Å². The van der Waals surface area contributed by atoms with Gasteiger partial charge >= 0.3 is 0 Å². The van der Waals surface area contributed by atoms with Crippen LogP contribution in [0.5, 0.6) is 11.5 Å². The number of benzene rings is 1. The van der Waals surface area contributed by atoms with Gasteiger partial charge in [0, 0.05) is 11.0 Å². The predicted octanol–water partition coefficient (Wildman–Crippen LogP) is 4.24. The molecule has 0 radical (unpaired) electrons. The molecular weight excluding hydrogens is 374 g/mol. The van der Waals surface area contributed by atoms with Crippen molar-refractivity contribution in [2.24, 2.45) is 0 Å². The highest BCUT2D eigenvalue weighted by Gasteiger charge is 2.12. The lowest BCUT2D eigenvalue weighted by atomic mass is 10.2. The molecule has 0 unspecified atom stereocenters. The first kappa shape index (κ1) is 16.5. The molecule has 0 aromatic heterocycles. The Bertz CT molecular complexity index is 436. The summed E-state index contributed by atoms with van der Waals surface area (Å²) in [6, 6.07) is 4.04. The number of halogens is 2. The summed E-state index contributed by atoms with van der Waals surface area (Å²) >= 11 is 6.82. The van der Waals surface area contributed by atoms with Crippen LogP contribution in [-0.2, 0) is 6.54 Å². The second-order valence-electron chi connectivity index (χ2n) is 3.92. The largest absolute Gasteiger partial charge is 0.490 e. The Morgan fingerprint density at radius 2 is 2.05 bits per heavy atom. The van der Waals surface area contributed by atoms with Crippen LogP contribution in [0.25, 0.3) is 0 Å². The molecule has 5 heteroatoms. The van der Waals surface area contributed by atoms with Gasteiger partial charge in [-0.05, 0) is 47.1 Å². The molecule has 0 spiro atoms. The average Bonchev–Trinajstić information content (AvgIpc) is 2.35. The van der Waals surface area contributed by atoms with Gasteiger partial charge in [-0.1, -0.05) is 29.4 Å². The van der Waals surface area contributed by atoms with E-state index in [4.69, 9.17) is 9.47 Å². The molecule has 0 aliphatic carbocycles. The molecule has 0 aliphatic rings. The molecule has 0 fully saturated rings. The Labute approximate surface area is 131 Å². The van der Waals surface area contributed by atoms with Gasteiger partial charge in [0.1, 0.15) is 6.61 Å². The van der Waals surface area contributed by atoms with E-state index < -0.39 is 0 Å². The zero-order chi connectivity index (χ0) is 14.3. The Hall–Kier alpha value is -0.520. The molecule has 1 aromatic carbocycles. The fraction of sp³-hybridized carbons (Fsp3) is 0.429. The Morgan fingerprint density at radius 1 is 1.32 bits per heavy atom. The quantitative estimate of drug-likeness (QED) is 0.717. The lowest BCUT2D eigenvalue weighted by Gasteiger charge is -2.15. The SMILES string of the molecule is C=C(Br)COc1c(Br)cc(CNCC)cc1OCC. The fourth-order valence-electron chi connectivity index (χ4n) is 1.55. The summed E-state index contributed by atoms with van der Waals surface area (Å²) in [6.07, 6.45) is 0. The third-order valence-corrected chi connectivity index (χ3v) is 3.14. The van der Waals surface area contributed by atoms with E-state index in [9.17, 15) is 0 Å². The molecule has 19 heavy (non-hydrogen) atoms. The van der Waals surface area contributed by atoms with Crippen molar-refractivity contribution in [2.45, 2.75) is 20.4 Å². The minimum absolute atomic E-state index is 0.408. The zero-order valence-corrected chi connectivity index (χ0v) is 14.4. The first-order valence-electron chi connectivity index (χ1n) is 6.20. The highest BCUT2D eigenvalue weighted by molar-refractivity contribution is 9.11. The van der Waals surface area contributed by atoms with Crippen molar-refractivity contribution in [2.75, 3.05) is 19.8 Å². The number of nitrogens with one attached hydrogen (secondary N) is 1. The van der Waals surface area contributed by atoms with Gasteiger partial charge < -0.3 is 14.8 Å². The third kappa shape index (κ3) is 5.55. The van der Waals surface area contributed by atoms with E-state index in [0.717, 1.165) is 33.4 Å². The van der Waals surface area contributed by atoms with Crippen LogP contribution in [0.15, 0.2) is 27.7 Å². The lowest BCUT2D eigenvalue weighted by Crippen LogP contribution is -2.12. The summed E-state index contributed by atoms with van der Waals surface area (Å²) in [6.45, 7) is 10.5. The number of ether oxygens (including phenoxy) is 2. The summed E-state index contributed by atoms with van der Waals surface area (Å²) in [5, 5.41) is 3.29. The molecular formula is C14H19Br2NO2. The molecule has 106 valence electrons. The normalized spacial score (nSPS) is 10.3. The molecule has 0 bridgehead atoms. The zero-order valence-electron chi connectivity index (χ0n) is 11.3. The lowest BCUT2D eigenvalue weighted by molar-refractivity contribution is 0.294. The van der Waals surface area contributed by atoms with E-state index in [-0.39, 0.29) is 0 Å². The van der Waals surface area contributed by atoms with E-state index in [1.807, 2.05) is 19.1 Å². The van der Waals surface area contributed by atoms with Gasteiger partial charge in [-0.25, -0.2) is 0 Å². The van der Waals surface area contributed by atoms with Crippen LogP contribution in [0.4, 0.5) is 0 Å². The van der Waals surface area contributed by atoms with E-state index in [1.54, 1.807) is 0 Å². The van der Waals surface area contributed by atoms with Gasteiger partial charge in [0.15, 0.2) is 11.5 Å². The Morgan fingerprint density at radius 3 is 2.63 bits per heavy atom. The van der Waals surface area contributed by atoms with Gasteiger partial charge in [0.05, 0.1) is 11.1 Å². The molecule has 3 nitrogen and oxygen atoms in total. The molecule has 0 heterocycles. The van der Waals surface area contributed by atoms with Gasteiger partial charge in [-0.2, -0.15) is 0 Å². The molecule has 0 atom stereocenters. The summed E-state index contributed by atoms with van der Waals surface area (Å²) in [4.78, 5) is 0. The third-order valence-electron chi connectivity index (χ3n) is 2.32. The van der Waals surface area contributed by atoms with Crippen molar-refractivity contribution in [3.63, 3.8) is 0 Å². The van der Waals surface area contributed by atoms with Gasteiger partial charge in [0.2, 0.25) is 0 Å². The minimum atomic E-state index is 0.408. The van der Waals surface area contributed by atoms with Crippen molar-refractivity contribution in [1.82, 2.24) is 5.32 Å². The van der Waals surface area contributed by atoms with Crippen LogP contribution in [0.1, 0.15) is 19.4 Å². The maximum absolute atomic E-state index is 5.70. The maximum Gasteiger partial charge on any atom is 0.175 e. The number of hydrogen-bond donors (Lipinski definition) is 1. The van der Waals surface area contributed by atoms with Crippen LogP contribution in [0.2, 0.25) is 0 Å². The van der Waals surface area contributed by atoms with Crippen molar-refractivity contribution in [3.05, 3.63) is 33.2 Å². The summed E-state index contributed by atoms with van der Waals surface area (Å²) in [7, 11) is 0. The highest BCUT2D eigenvalue weighted by Crippen LogP contribution is 2.37. The number of hydrogen-bond acceptors (Lipinski definition) is 3. The first-order valence-corrected chi connectivity index (χ1v) is 7.79. The van der Waals surface area contributed by atoms with Crippen molar-refractivity contribution in [3.8, 4) is 11.5 Å². The Kier molecular flexibility index (Phi) is 7.49. The van der Waals surface area contributed by atoms with Crippen molar-refractivity contribution in [1.29, 1.82) is 0 Å². The van der Waals surface area contributed by atoms with E-state index in [0.29, 0.717) is 19.0 Å². The minimum Gasteiger partial charge on any atom is -0.490 e. The molecule has 1 aromatic rings. The van der Waals surface area contributed by atoms with Crippen molar-refractivity contribution < 1.29 is 9.47 Å². The highest BCUT2D eigenvalue weighted by atomic mass is 79.9. The van der Waals surface area contributed by atoms with Crippen LogP contribution in [0.3, 0.4) is 0 Å². The monoisotopic (exact) mass is 391 g/mol. The standard InChI is InChI=1S/C14H19Br2NO2/c1-4-17-8-11-6-12(16)14(19-9-10(3)15)13(7-11)18-5-2/h6-7,17H,3-5,8-9H2,1-2H3. The van der Waals surface area contributed by atoms with Gasteiger partial charge in [0.25, 0.3) is 0 Å². The topological polar surface area (TPSA) is 30.5 Å².